The number of halogens is 1. The van der Waals surface area contributed by atoms with E-state index in [9.17, 15) is 4.39 Å². The summed E-state index contributed by atoms with van der Waals surface area (Å²) >= 11 is 0. The van der Waals surface area contributed by atoms with Crippen LogP contribution in [0.25, 0.3) is 0 Å². The third-order valence-electron chi connectivity index (χ3n) is 7.28. The van der Waals surface area contributed by atoms with Crippen LogP contribution < -0.4 is 5.32 Å². The summed E-state index contributed by atoms with van der Waals surface area (Å²) in [5.74, 6) is 1.92. The third-order valence-corrected chi connectivity index (χ3v) is 7.28. The Morgan fingerprint density at radius 1 is 1.00 bits per heavy atom. The number of ether oxygens (including phenoxy) is 3. The van der Waals surface area contributed by atoms with Gasteiger partial charge in [-0.05, 0) is 95.1 Å². The van der Waals surface area contributed by atoms with Crippen molar-refractivity contribution in [3.8, 4) is 0 Å². The van der Waals surface area contributed by atoms with E-state index in [1.807, 2.05) is 0 Å². The van der Waals surface area contributed by atoms with Gasteiger partial charge in [0.15, 0.2) is 0 Å². The molecule has 2 saturated carbocycles. The molecule has 0 radical (unpaired) electrons. The van der Waals surface area contributed by atoms with Gasteiger partial charge in [0.25, 0.3) is 0 Å². The highest BCUT2D eigenvalue weighted by Gasteiger charge is 2.35. The Morgan fingerprint density at radius 2 is 1.78 bits per heavy atom. The minimum Gasteiger partial charge on any atom is -0.379 e. The highest BCUT2D eigenvalue weighted by Crippen LogP contribution is 2.38. The van der Waals surface area contributed by atoms with Gasteiger partial charge >= 0.3 is 0 Å². The minimum absolute atomic E-state index is 0.228. The van der Waals surface area contributed by atoms with E-state index in [0.29, 0.717) is 23.9 Å². The van der Waals surface area contributed by atoms with Gasteiger partial charge in [-0.3, -0.25) is 0 Å². The molecule has 0 aromatic rings. The molecule has 2 aliphatic carbocycles. The lowest BCUT2D eigenvalue weighted by atomic mass is 9.75. The molecule has 5 atom stereocenters. The van der Waals surface area contributed by atoms with Crippen molar-refractivity contribution in [2.45, 2.75) is 88.7 Å². The Hall–Kier alpha value is -0.230. The van der Waals surface area contributed by atoms with Gasteiger partial charge in [-0.15, -0.1) is 0 Å². The fourth-order valence-corrected chi connectivity index (χ4v) is 5.63. The van der Waals surface area contributed by atoms with E-state index < -0.39 is 6.17 Å². The first-order chi connectivity index (χ1) is 13.2. The zero-order valence-corrected chi connectivity index (χ0v) is 17.3. The van der Waals surface area contributed by atoms with Crippen LogP contribution in [-0.4, -0.2) is 58.4 Å². The molecule has 3 fully saturated rings. The van der Waals surface area contributed by atoms with E-state index in [0.717, 1.165) is 64.6 Å². The van der Waals surface area contributed by atoms with Crippen molar-refractivity contribution in [2.75, 3.05) is 33.9 Å². The number of rotatable bonds is 9. The van der Waals surface area contributed by atoms with Crippen molar-refractivity contribution in [3.05, 3.63) is 0 Å². The fourth-order valence-electron chi connectivity index (χ4n) is 5.63. The predicted octanol–water partition coefficient (Wildman–Crippen LogP) is 4.12. The molecule has 0 bridgehead atoms. The van der Waals surface area contributed by atoms with Crippen LogP contribution in [0.1, 0.15) is 64.2 Å². The van der Waals surface area contributed by atoms with Crippen LogP contribution in [0.2, 0.25) is 0 Å². The number of hydrogen-bond donors (Lipinski definition) is 1. The second-order valence-corrected chi connectivity index (χ2v) is 8.95. The van der Waals surface area contributed by atoms with E-state index in [1.165, 1.54) is 19.3 Å². The average Bonchev–Trinajstić information content (AvgIpc) is 3.23. The molecule has 5 heteroatoms. The van der Waals surface area contributed by atoms with Crippen molar-refractivity contribution >= 4 is 0 Å². The number of nitrogens with one attached hydrogen (secondary N) is 1. The van der Waals surface area contributed by atoms with Crippen LogP contribution in [-0.2, 0) is 14.2 Å². The summed E-state index contributed by atoms with van der Waals surface area (Å²) in [5, 5.41) is 3.71. The second-order valence-electron chi connectivity index (χ2n) is 8.95. The Kier molecular flexibility index (Phi) is 8.82. The predicted molar refractivity (Wildman–Crippen MR) is 106 cm³/mol. The fraction of sp³-hybridized carbons (Fsp3) is 1.00. The van der Waals surface area contributed by atoms with Crippen molar-refractivity contribution < 1.29 is 18.6 Å². The molecule has 1 aliphatic heterocycles. The largest absolute Gasteiger partial charge is 0.379 e. The molecule has 1 saturated heterocycles. The maximum absolute atomic E-state index is 13.6. The number of hydrogen-bond acceptors (Lipinski definition) is 4. The van der Waals surface area contributed by atoms with Gasteiger partial charge in [-0.1, -0.05) is 0 Å². The van der Waals surface area contributed by atoms with Crippen LogP contribution in [0.3, 0.4) is 0 Å². The van der Waals surface area contributed by atoms with Gasteiger partial charge in [0.05, 0.1) is 18.3 Å². The van der Waals surface area contributed by atoms with Crippen LogP contribution in [0.15, 0.2) is 0 Å². The quantitative estimate of drug-likeness (QED) is 0.606. The van der Waals surface area contributed by atoms with Crippen LogP contribution in [0.4, 0.5) is 4.39 Å². The molecule has 1 N–H and O–H groups in total. The van der Waals surface area contributed by atoms with Crippen molar-refractivity contribution in [1.29, 1.82) is 0 Å². The molecule has 0 aromatic carbocycles. The second kappa shape index (κ2) is 11.1. The Labute approximate surface area is 164 Å². The number of alkyl halides is 1. The van der Waals surface area contributed by atoms with Gasteiger partial charge in [0.2, 0.25) is 0 Å². The molecule has 5 unspecified atom stereocenters. The lowest BCUT2D eigenvalue weighted by molar-refractivity contribution is -0.0700. The van der Waals surface area contributed by atoms with Crippen molar-refractivity contribution in [1.82, 2.24) is 5.32 Å². The maximum atomic E-state index is 13.6. The topological polar surface area (TPSA) is 39.7 Å². The summed E-state index contributed by atoms with van der Waals surface area (Å²) in [6.07, 6.45) is 10.8. The van der Waals surface area contributed by atoms with E-state index in [4.69, 9.17) is 14.2 Å². The molecule has 1 heterocycles. The third kappa shape index (κ3) is 6.12. The molecule has 3 aliphatic rings. The van der Waals surface area contributed by atoms with Gasteiger partial charge < -0.3 is 19.5 Å². The first kappa shape index (κ1) is 21.5. The summed E-state index contributed by atoms with van der Waals surface area (Å²) < 4.78 is 30.8. The monoisotopic (exact) mass is 385 g/mol. The summed E-state index contributed by atoms with van der Waals surface area (Å²) in [5.41, 5.74) is 0. The molecule has 27 heavy (non-hydrogen) atoms. The van der Waals surface area contributed by atoms with Gasteiger partial charge in [0.1, 0.15) is 6.17 Å². The van der Waals surface area contributed by atoms with Crippen LogP contribution in [0, 0.1) is 17.8 Å². The van der Waals surface area contributed by atoms with E-state index in [2.05, 4.69) is 5.32 Å². The molecule has 158 valence electrons. The summed E-state index contributed by atoms with van der Waals surface area (Å²) in [7, 11) is 3.59. The highest BCUT2D eigenvalue weighted by molar-refractivity contribution is 4.86. The molecule has 0 aromatic heterocycles. The van der Waals surface area contributed by atoms with Gasteiger partial charge in [-0.25, -0.2) is 4.39 Å². The SMILES string of the molecule is COC1CCC(CNCCC(C2CCC(F)CC2)C2CCCO2)CC1OC. The summed E-state index contributed by atoms with van der Waals surface area (Å²) in [4.78, 5) is 0. The van der Waals surface area contributed by atoms with E-state index >= 15 is 0 Å². The van der Waals surface area contributed by atoms with Crippen molar-refractivity contribution in [2.24, 2.45) is 17.8 Å². The van der Waals surface area contributed by atoms with Crippen LogP contribution in [0.5, 0.6) is 0 Å². The molecule has 0 spiro atoms. The molecule has 4 nitrogen and oxygen atoms in total. The smallest absolute Gasteiger partial charge is 0.100 e. The van der Waals surface area contributed by atoms with E-state index in [-0.39, 0.29) is 12.2 Å². The summed E-state index contributed by atoms with van der Waals surface area (Å²) in [6, 6.07) is 0. The van der Waals surface area contributed by atoms with Gasteiger partial charge in [-0.2, -0.15) is 0 Å². The first-order valence-electron chi connectivity index (χ1n) is 11.2. The zero-order chi connectivity index (χ0) is 19.1. The average molecular weight is 386 g/mol. The molecule has 0 amide bonds. The Morgan fingerprint density at radius 3 is 2.44 bits per heavy atom. The lowest BCUT2D eigenvalue weighted by Gasteiger charge is -2.36. The van der Waals surface area contributed by atoms with Crippen LogP contribution >= 0.6 is 0 Å². The zero-order valence-electron chi connectivity index (χ0n) is 17.3. The molecular formula is C22H40FNO3. The Balaban J connectivity index is 1.41. The van der Waals surface area contributed by atoms with E-state index in [1.54, 1.807) is 14.2 Å². The minimum atomic E-state index is -0.569. The normalized spacial score (nSPS) is 38.8. The number of methoxy groups -OCH3 is 2. The molecular weight excluding hydrogens is 345 g/mol. The highest BCUT2D eigenvalue weighted by atomic mass is 19.1. The lowest BCUT2D eigenvalue weighted by Crippen LogP contribution is -2.40. The van der Waals surface area contributed by atoms with Gasteiger partial charge in [0, 0.05) is 20.8 Å². The molecule has 3 rings (SSSR count). The first-order valence-corrected chi connectivity index (χ1v) is 11.2. The standard InChI is InChI=1S/C22H40FNO3/c1-25-21-10-5-16(14-22(21)26-2)15-24-12-11-19(20-4-3-13-27-20)17-6-8-18(23)9-7-17/h16-22,24H,3-15H2,1-2H3. The Bertz CT molecular complexity index is 410. The summed E-state index contributed by atoms with van der Waals surface area (Å²) in [6.45, 7) is 3.02. The maximum Gasteiger partial charge on any atom is 0.100 e. The van der Waals surface area contributed by atoms with Crippen molar-refractivity contribution in [3.63, 3.8) is 0 Å².